The number of carboxylic acid groups (broad SMARTS) is 1. The van der Waals surface area contributed by atoms with Gasteiger partial charge in [0.05, 0.1) is 28.3 Å². The van der Waals surface area contributed by atoms with Crippen molar-refractivity contribution in [2.24, 2.45) is 0 Å². The third-order valence-corrected chi connectivity index (χ3v) is 4.40. The molecule has 0 aromatic heterocycles. The van der Waals surface area contributed by atoms with Crippen molar-refractivity contribution in [2.45, 2.75) is 47.5 Å². The zero-order chi connectivity index (χ0) is 24.6. The fourth-order valence-corrected chi connectivity index (χ4v) is 2.47. The third-order valence-electron chi connectivity index (χ3n) is 4.40. The highest BCUT2D eigenvalue weighted by molar-refractivity contribution is 5.78. The summed E-state index contributed by atoms with van der Waals surface area (Å²) in [5.41, 5.74) is -0.0155. The zero-order valence-electron chi connectivity index (χ0n) is 17.4. The molecule has 188 valence electrons. The summed E-state index contributed by atoms with van der Waals surface area (Å²) in [6.45, 7) is 5.00. The number of hydrogen-bond acceptors (Lipinski definition) is 9. The van der Waals surface area contributed by atoms with Gasteiger partial charge < -0.3 is 20.1 Å². The highest BCUT2D eigenvalue weighted by Crippen LogP contribution is 2.30. The van der Waals surface area contributed by atoms with Gasteiger partial charge in [-0.05, 0) is 44.0 Å². The van der Waals surface area contributed by atoms with Crippen LogP contribution in [0.15, 0.2) is 36.4 Å². The van der Waals surface area contributed by atoms with Gasteiger partial charge in [0.1, 0.15) is 0 Å². The van der Waals surface area contributed by atoms with Crippen LogP contribution in [0.4, 0.5) is 11.4 Å². The first-order valence-corrected chi connectivity index (χ1v) is 9.24. The van der Waals surface area contributed by atoms with Crippen LogP contribution in [-0.4, -0.2) is 43.7 Å². The molecule has 2 unspecified atom stereocenters. The van der Waals surface area contributed by atoms with Crippen LogP contribution in [-0.2, 0) is 14.3 Å². The number of hydrogen-bond donors (Lipinski definition) is 3. The number of nitro groups is 2. The summed E-state index contributed by atoms with van der Waals surface area (Å²) in [6.07, 6.45) is 0. The molecule has 0 saturated heterocycles. The SMILES string of the molecule is C.C.CC(C(=O)O)c1ccc([N+](=O)[O-])c(O)c1.CCOC(=O)C(C)c1ccc([N+](=O)[O-])c(O)c1. The molecule has 12 nitrogen and oxygen atoms in total. The minimum atomic E-state index is -1.05. The second kappa shape index (κ2) is 14.0. The Morgan fingerprint density at radius 3 is 1.56 bits per heavy atom. The van der Waals surface area contributed by atoms with Gasteiger partial charge in [0.15, 0.2) is 11.5 Å². The van der Waals surface area contributed by atoms with Crippen LogP contribution in [0, 0.1) is 20.2 Å². The summed E-state index contributed by atoms with van der Waals surface area (Å²) in [4.78, 5) is 41.5. The second-order valence-electron chi connectivity index (χ2n) is 6.54. The molecule has 12 heteroatoms. The van der Waals surface area contributed by atoms with E-state index in [-0.39, 0.29) is 27.1 Å². The quantitative estimate of drug-likeness (QED) is 0.282. The monoisotopic (exact) mass is 482 g/mol. The highest BCUT2D eigenvalue weighted by atomic mass is 16.6. The number of phenols is 2. The lowest BCUT2D eigenvalue weighted by Gasteiger charge is -2.10. The van der Waals surface area contributed by atoms with E-state index in [1.807, 2.05) is 0 Å². The van der Waals surface area contributed by atoms with E-state index < -0.39 is 50.8 Å². The van der Waals surface area contributed by atoms with E-state index in [1.165, 1.54) is 31.2 Å². The van der Waals surface area contributed by atoms with E-state index in [0.717, 1.165) is 12.1 Å². The molecule has 0 aliphatic rings. The van der Waals surface area contributed by atoms with E-state index in [4.69, 9.17) is 9.84 Å². The van der Waals surface area contributed by atoms with Crippen molar-refractivity contribution >= 4 is 23.3 Å². The van der Waals surface area contributed by atoms with E-state index in [1.54, 1.807) is 13.8 Å². The number of nitro benzene ring substituents is 2. The number of nitrogens with zero attached hydrogens (tertiary/aromatic N) is 2. The van der Waals surface area contributed by atoms with E-state index in [2.05, 4.69) is 0 Å². The van der Waals surface area contributed by atoms with E-state index in [9.17, 15) is 40.0 Å². The maximum atomic E-state index is 11.4. The molecule has 0 bridgehead atoms. The molecule has 34 heavy (non-hydrogen) atoms. The normalized spacial score (nSPS) is 11.3. The summed E-state index contributed by atoms with van der Waals surface area (Å²) in [7, 11) is 0. The first-order chi connectivity index (χ1) is 14.9. The average molecular weight is 482 g/mol. The van der Waals surface area contributed by atoms with Gasteiger partial charge >= 0.3 is 23.3 Å². The molecule has 0 heterocycles. The number of aliphatic carboxylic acids is 1. The largest absolute Gasteiger partial charge is 0.502 e. The number of esters is 1. The lowest BCUT2D eigenvalue weighted by Crippen LogP contribution is -2.12. The third kappa shape index (κ3) is 8.37. The van der Waals surface area contributed by atoms with Gasteiger partial charge in [-0.2, -0.15) is 0 Å². The van der Waals surface area contributed by atoms with Crippen molar-refractivity contribution in [2.75, 3.05) is 6.61 Å². The molecule has 2 aromatic rings. The summed E-state index contributed by atoms with van der Waals surface area (Å²) in [5, 5.41) is 48.2. The van der Waals surface area contributed by atoms with Gasteiger partial charge in [-0.15, -0.1) is 0 Å². The fraction of sp³-hybridized carbons (Fsp3) is 0.364. The minimum absolute atomic E-state index is 0. The molecule has 2 atom stereocenters. The topological polar surface area (TPSA) is 190 Å². The molecular formula is C22H30N2O10. The standard InChI is InChI=1S/C11H13NO5.C9H9NO5.2CH4/c1-3-17-11(14)7(2)8-4-5-9(12(15)16)10(13)6-8;1-5(9(12)13)6-2-3-7(10(14)15)8(11)4-6;;/h4-7,13H,3H2,1-2H3;2-5,11H,1H3,(H,12,13);2*1H4. The molecule has 3 N–H and O–H groups in total. The van der Waals surface area contributed by atoms with Gasteiger partial charge in [0.2, 0.25) is 0 Å². The van der Waals surface area contributed by atoms with Gasteiger partial charge in [-0.3, -0.25) is 29.8 Å². The molecule has 0 fully saturated rings. The molecule has 2 aromatic carbocycles. The Kier molecular flexibility index (Phi) is 13.2. The van der Waals surface area contributed by atoms with Crippen LogP contribution in [0.25, 0.3) is 0 Å². The second-order valence-corrected chi connectivity index (χ2v) is 6.54. The van der Waals surface area contributed by atoms with Crippen molar-refractivity contribution in [1.82, 2.24) is 0 Å². The molecule has 0 amide bonds. The van der Waals surface area contributed by atoms with Crippen molar-refractivity contribution < 1.29 is 39.5 Å². The number of phenolic OH excluding ortho intramolecular Hbond substituents is 2. The minimum Gasteiger partial charge on any atom is -0.502 e. The van der Waals surface area contributed by atoms with Crippen LogP contribution in [0.3, 0.4) is 0 Å². The highest BCUT2D eigenvalue weighted by Gasteiger charge is 2.21. The van der Waals surface area contributed by atoms with Crippen LogP contribution < -0.4 is 0 Å². The summed E-state index contributed by atoms with van der Waals surface area (Å²) < 4.78 is 4.82. The first-order valence-electron chi connectivity index (χ1n) is 9.24. The summed E-state index contributed by atoms with van der Waals surface area (Å²) in [6, 6.07) is 7.30. The predicted octanol–water partition coefficient (Wildman–Crippen LogP) is 4.73. The number of carboxylic acids is 1. The lowest BCUT2D eigenvalue weighted by molar-refractivity contribution is -0.386. The molecule has 2 rings (SSSR count). The molecule has 0 radical (unpaired) electrons. The maximum Gasteiger partial charge on any atom is 0.313 e. The number of benzene rings is 2. The van der Waals surface area contributed by atoms with E-state index in [0.29, 0.717) is 11.1 Å². The lowest BCUT2D eigenvalue weighted by atomic mass is 10.0. The fourth-order valence-electron chi connectivity index (χ4n) is 2.47. The number of ether oxygens (including phenoxy) is 1. The van der Waals surface area contributed by atoms with Crippen molar-refractivity contribution in [1.29, 1.82) is 0 Å². The first kappa shape index (κ1) is 32.0. The van der Waals surface area contributed by atoms with Crippen molar-refractivity contribution in [3.63, 3.8) is 0 Å². The van der Waals surface area contributed by atoms with Crippen molar-refractivity contribution in [3.05, 3.63) is 67.8 Å². The van der Waals surface area contributed by atoms with Crippen LogP contribution in [0.5, 0.6) is 11.5 Å². The van der Waals surface area contributed by atoms with Gasteiger partial charge in [-0.25, -0.2) is 0 Å². The predicted molar refractivity (Wildman–Crippen MR) is 124 cm³/mol. The van der Waals surface area contributed by atoms with Crippen LogP contribution in [0.2, 0.25) is 0 Å². The summed E-state index contributed by atoms with van der Waals surface area (Å²) >= 11 is 0. The number of aromatic hydroxyl groups is 2. The Morgan fingerprint density at radius 1 is 0.882 bits per heavy atom. The van der Waals surface area contributed by atoms with Crippen LogP contribution >= 0.6 is 0 Å². The van der Waals surface area contributed by atoms with Crippen LogP contribution in [0.1, 0.15) is 58.6 Å². The zero-order valence-corrected chi connectivity index (χ0v) is 17.4. The van der Waals surface area contributed by atoms with Gasteiger partial charge in [-0.1, -0.05) is 27.0 Å². The van der Waals surface area contributed by atoms with E-state index >= 15 is 0 Å². The molecule has 0 saturated carbocycles. The smallest absolute Gasteiger partial charge is 0.313 e. The Morgan fingerprint density at radius 2 is 1.26 bits per heavy atom. The Bertz CT molecular complexity index is 1020. The Balaban J connectivity index is 0. The molecule has 0 spiro atoms. The number of carbonyl (C=O) groups excluding carboxylic acids is 1. The van der Waals surface area contributed by atoms with Gasteiger partial charge in [0.25, 0.3) is 0 Å². The maximum absolute atomic E-state index is 11.4. The Labute approximate surface area is 196 Å². The molecular weight excluding hydrogens is 452 g/mol. The Hall–Kier alpha value is -4.22. The molecule has 0 aliphatic heterocycles. The van der Waals surface area contributed by atoms with Gasteiger partial charge in [0, 0.05) is 12.1 Å². The average Bonchev–Trinajstić information content (AvgIpc) is 2.72. The van der Waals surface area contributed by atoms with Crippen molar-refractivity contribution in [3.8, 4) is 11.5 Å². The molecule has 0 aliphatic carbocycles. The summed E-state index contributed by atoms with van der Waals surface area (Å²) in [5.74, 6) is -3.84. The number of rotatable bonds is 7. The number of carbonyl (C=O) groups is 2.